The van der Waals surface area contributed by atoms with E-state index in [-0.39, 0.29) is 0 Å². The highest BCUT2D eigenvalue weighted by Crippen LogP contribution is 2.24. The Hall–Kier alpha value is -1.99. The standard InChI is InChI=1S/C14H17N5OS/c1-14(2,20)13-16-10(8-21-13)7-18(3)12-6-4-5-11-17-15-9-19(11)12/h4-6,8-9,20H,7H2,1-3H3. The fraction of sp³-hybridized carbons (Fsp3) is 0.357. The van der Waals surface area contributed by atoms with Crippen LogP contribution in [-0.4, -0.2) is 31.7 Å². The lowest BCUT2D eigenvalue weighted by atomic mass is 10.1. The number of hydrogen-bond donors (Lipinski definition) is 1. The molecule has 0 radical (unpaired) electrons. The third kappa shape index (κ3) is 2.74. The van der Waals surface area contributed by atoms with E-state index in [0.29, 0.717) is 6.54 Å². The molecule has 7 heteroatoms. The van der Waals surface area contributed by atoms with Gasteiger partial charge < -0.3 is 10.0 Å². The molecule has 6 nitrogen and oxygen atoms in total. The summed E-state index contributed by atoms with van der Waals surface area (Å²) in [5.74, 6) is 0.996. The summed E-state index contributed by atoms with van der Waals surface area (Å²) in [7, 11) is 2.00. The van der Waals surface area contributed by atoms with Gasteiger partial charge in [0, 0.05) is 12.4 Å². The zero-order valence-corrected chi connectivity index (χ0v) is 13.0. The average molecular weight is 303 g/mol. The van der Waals surface area contributed by atoms with Crippen LogP contribution in [0.15, 0.2) is 29.9 Å². The van der Waals surface area contributed by atoms with Crippen LogP contribution < -0.4 is 4.90 Å². The first kappa shape index (κ1) is 14.0. The molecule has 0 aliphatic heterocycles. The number of hydrogen-bond acceptors (Lipinski definition) is 6. The molecular formula is C14H17N5OS. The Bertz CT molecular complexity index is 758. The Labute approximate surface area is 126 Å². The summed E-state index contributed by atoms with van der Waals surface area (Å²) in [6, 6.07) is 5.89. The molecule has 0 saturated carbocycles. The van der Waals surface area contributed by atoms with Gasteiger partial charge in [0.15, 0.2) is 5.65 Å². The second-order valence-corrected chi connectivity index (χ2v) is 6.36. The van der Waals surface area contributed by atoms with Crippen LogP contribution in [0.25, 0.3) is 5.65 Å². The third-order valence-corrected chi connectivity index (χ3v) is 4.38. The topological polar surface area (TPSA) is 66.5 Å². The molecule has 3 aromatic heterocycles. The Morgan fingerprint density at radius 1 is 1.38 bits per heavy atom. The second kappa shape index (κ2) is 5.09. The lowest BCUT2D eigenvalue weighted by Crippen LogP contribution is -2.20. The molecule has 1 N–H and O–H groups in total. The van der Waals surface area contributed by atoms with Crippen LogP contribution in [0.3, 0.4) is 0 Å². The number of aliphatic hydroxyl groups is 1. The number of nitrogens with zero attached hydrogens (tertiary/aromatic N) is 5. The zero-order valence-electron chi connectivity index (χ0n) is 12.2. The van der Waals surface area contributed by atoms with Gasteiger partial charge in [0.2, 0.25) is 0 Å². The molecule has 0 saturated heterocycles. The lowest BCUT2D eigenvalue weighted by molar-refractivity contribution is 0.0781. The molecule has 0 fully saturated rings. The molecule has 0 amide bonds. The minimum absolute atomic E-state index is 0.657. The van der Waals surface area contributed by atoms with Gasteiger partial charge in [-0.3, -0.25) is 4.40 Å². The van der Waals surface area contributed by atoms with Crippen molar-refractivity contribution in [3.05, 3.63) is 40.6 Å². The summed E-state index contributed by atoms with van der Waals surface area (Å²) >= 11 is 1.48. The van der Waals surface area contributed by atoms with Crippen LogP contribution in [0.1, 0.15) is 24.5 Å². The summed E-state index contributed by atoms with van der Waals surface area (Å²) in [5.41, 5.74) is 0.856. The smallest absolute Gasteiger partial charge is 0.162 e. The van der Waals surface area contributed by atoms with Crippen LogP contribution >= 0.6 is 11.3 Å². The Balaban J connectivity index is 1.85. The van der Waals surface area contributed by atoms with Crippen LogP contribution in [0.4, 0.5) is 5.82 Å². The highest BCUT2D eigenvalue weighted by Gasteiger charge is 2.20. The van der Waals surface area contributed by atoms with Crippen molar-refractivity contribution in [1.29, 1.82) is 0 Å². The van der Waals surface area contributed by atoms with E-state index in [1.807, 2.05) is 35.0 Å². The highest BCUT2D eigenvalue weighted by molar-refractivity contribution is 7.09. The Morgan fingerprint density at radius 2 is 2.19 bits per heavy atom. The van der Waals surface area contributed by atoms with Crippen LogP contribution in [0.5, 0.6) is 0 Å². The van der Waals surface area contributed by atoms with E-state index in [9.17, 15) is 5.11 Å². The van der Waals surface area contributed by atoms with E-state index in [2.05, 4.69) is 20.1 Å². The molecule has 3 aromatic rings. The van der Waals surface area contributed by atoms with Crippen molar-refractivity contribution < 1.29 is 5.11 Å². The molecule has 0 aliphatic rings. The van der Waals surface area contributed by atoms with Crippen LogP contribution in [0.2, 0.25) is 0 Å². The van der Waals surface area contributed by atoms with E-state index < -0.39 is 5.60 Å². The molecule has 0 atom stereocenters. The molecular weight excluding hydrogens is 286 g/mol. The summed E-state index contributed by atoms with van der Waals surface area (Å²) in [5, 5.41) is 20.7. The predicted molar refractivity (Wildman–Crippen MR) is 82.5 cm³/mol. The molecule has 21 heavy (non-hydrogen) atoms. The number of rotatable bonds is 4. The van der Waals surface area contributed by atoms with E-state index in [1.165, 1.54) is 11.3 Å². The maximum atomic E-state index is 9.98. The van der Waals surface area contributed by atoms with E-state index >= 15 is 0 Å². The quantitative estimate of drug-likeness (QED) is 0.799. The third-order valence-electron chi connectivity index (χ3n) is 3.18. The number of fused-ring (bicyclic) bond motifs is 1. The maximum absolute atomic E-state index is 9.98. The number of pyridine rings is 1. The van der Waals surface area contributed by atoms with Crippen molar-refractivity contribution in [3.63, 3.8) is 0 Å². The number of anilines is 1. The summed E-state index contributed by atoms with van der Waals surface area (Å²) in [4.78, 5) is 6.58. The van der Waals surface area contributed by atoms with Gasteiger partial charge in [0.1, 0.15) is 22.8 Å². The first-order valence-electron chi connectivity index (χ1n) is 6.62. The Kier molecular flexibility index (Phi) is 3.38. The maximum Gasteiger partial charge on any atom is 0.162 e. The Morgan fingerprint density at radius 3 is 2.90 bits per heavy atom. The normalized spacial score (nSPS) is 12.0. The molecule has 0 bridgehead atoms. The van der Waals surface area contributed by atoms with Crippen molar-refractivity contribution in [3.8, 4) is 0 Å². The van der Waals surface area contributed by atoms with Crippen molar-refractivity contribution >= 4 is 22.8 Å². The number of thiazole rings is 1. The van der Waals surface area contributed by atoms with Crippen LogP contribution in [-0.2, 0) is 12.1 Å². The lowest BCUT2D eigenvalue weighted by Gasteiger charge is -2.19. The van der Waals surface area contributed by atoms with Gasteiger partial charge in [-0.15, -0.1) is 21.5 Å². The van der Waals surface area contributed by atoms with Crippen molar-refractivity contribution in [1.82, 2.24) is 19.6 Å². The van der Waals surface area contributed by atoms with Gasteiger partial charge in [-0.05, 0) is 26.0 Å². The van der Waals surface area contributed by atoms with Gasteiger partial charge in [-0.2, -0.15) is 0 Å². The van der Waals surface area contributed by atoms with Gasteiger partial charge in [-0.1, -0.05) is 6.07 Å². The molecule has 0 aromatic carbocycles. The highest BCUT2D eigenvalue weighted by atomic mass is 32.1. The molecule has 0 aliphatic carbocycles. The van der Waals surface area contributed by atoms with Crippen molar-refractivity contribution in [2.24, 2.45) is 0 Å². The molecule has 110 valence electrons. The average Bonchev–Trinajstić information content (AvgIpc) is 3.05. The van der Waals surface area contributed by atoms with Gasteiger partial charge >= 0.3 is 0 Å². The van der Waals surface area contributed by atoms with Crippen LogP contribution in [0, 0.1) is 0 Å². The van der Waals surface area contributed by atoms with Gasteiger partial charge in [-0.25, -0.2) is 4.98 Å². The predicted octanol–water partition coefficient (Wildman–Crippen LogP) is 2.05. The van der Waals surface area contributed by atoms with E-state index in [4.69, 9.17) is 0 Å². The van der Waals surface area contributed by atoms with E-state index in [1.54, 1.807) is 20.2 Å². The second-order valence-electron chi connectivity index (χ2n) is 5.50. The summed E-state index contributed by atoms with van der Waals surface area (Å²) in [6.07, 6.45) is 1.70. The zero-order chi connectivity index (χ0) is 15.0. The largest absolute Gasteiger partial charge is 0.383 e. The van der Waals surface area contributed by atoms with Gasteiger partial charge in [0.25, 0.3) is 0 Å². The SMILES string of the molecule is CN(Cc1csc(C(C)(C)O)n1)c1cccc2nncn12. The molecule has 0 spiro atoms. The minimum Gasteiger partial charge on any atom is -0.383 e. The fourth-order valence-electron chi connectivity index (χ4n) is 2.13. The van der Waals surface area contributed by atoms with E-state index in [0.717, 1.165) is 22.2 Å². The first-order valence-corrected chi connectivity index (χ1v) is 7.50. The fourth-order valence-corrected chi connectivity index (χ4v) is 2.96. The molecule has 3 rings (SSSR count). The minimum atomic E-state index is -0.893. The van der Waals surface area contributed by atoms with Gasteiger partial charge in [0.05, 0.1) is 12.2 Å². The number of aromatic nitrogens is 4. The first-order chi connectivity index (χ1) is 9.95. The summed E-state index contributed by atoms with van der Waals surface area (Å²) in [6.45, 7) is 4.15. The van der Waals surface area contributed by atoms with Crippen molar-refractivity contribution in [2.45, 2.75) is 26.0 Å². The summed E-state index contributed by atoms with van der Waals surface area (Å²) < 4.78 is 1.93. The molecule has 3 heterocycles. The van der Waals surface area contributed by atoms with Crippen molar-refractivity contribution in [2.75, 3.05) is 11.9 Å². The molecule has 0 unspecified atom stereocenters. The monoisotopic (exact) mass is 303 g/mol.